The molecule has 0 aromatic rings. The number of hydrogen-bond donors (Lipinski definition) is 2. The molecule has 1 amide bonds. The van der Waals surface area contributed by atoms with Crippen molar-refractivity contribution in [3.8, 4) is 0 Å². The molecule has 1 atom stereocenters. The van der Waals surface area contributed by atoms with Crippen LogP contribution in [0.4, 0.5) is 0 Å². The summed E-state index contributed by atoms with van der Waals surface area (Å²) in [6.07, 6.45) is 3.78. The van der Waals surface area contributed by atoms with E-state index in [0.717, 1.165) is 0 Å². The van der Waals surface area contributed by atoms with Crippen molar-refractivity contribution in [3.05, 3.63) is 12.2 Å². The summed E-state index contributed by atoms with van der Waals surface area (Å²) in [6, 6.07) is 0. The lowest BCUT2D eigenvalue weighted by Gasteiger charge is -2.25. The van der Waals surface area contributed by atoms with E-state index in [1.54, 1.807) is 13.0 Å². The van der Waals surface area contributed by atoms with Crippen LogP contribution >= 0.6 is 0 Å². The van der Waals surface area contributed by atoms with Crippen LogP contribution in [-0.4, -0.2) is 36.4 Å². The molecule has 0 aliphatic carbocycles. The third-order valence-electron chi connectivity index (χ3n) is 2.11. The van der Waals surface area contributed by atoms with E-state index in [4.69, 9.17) is 9.84 Å². The molecule has 0 spiro atoms. The minimum atomic E-state index is -0.559. The fourth-order valence-electron chi connectivity index (χ4n) is 1.32. The van der Waals surface area contributed by atoms with Crippen LogP contribution in [0, 0.1) is 0 Å². The topological polar surface area (TPSA) is 58.6 Å². The summed E-state index contributed by atoms with van der Waals surface area (Å²) < 4.78 is 5.13. The highest BCUT2D eigenvalue weighted by Gasteiger charge is 2.35. The third kappa shape index (κ3) is 2.54. The van der Waals surface area contributed by atoms with Crippen molar-refractivity contribution >= 4 is 5.91 Å². The quantitative estimate of drug-likeness (QED) is 0.600. The first kappa shape index (κ1) is 10.2. The molecule has 0 bridgehead atoms. The standard InChI is InChI=1S/C9H15NO3/c1-2-3-8(12)10-9(6-11)4-5-13-7-9/h2-3,11H,4-7H2,1H3,(H,10,12)/b3-2+. The maximum atomic E-state index is 11.2. The van der Waals surface area contributed by atoms with Crippen molar-refractivity contribution in [3.63, 3.8) is 0 Å². The Morgan fingerprint density at radius 1 is 1.77 bits per heavy atom. The van der Waals surface area contributed by atoms with Crippen molar-refractivity contribution in [1.29, 1.82) is 0 Å². The SMILES string of the molecule is C/C=C/C(=O)NC1(CO)CCOC1. The average Bonchev–Trinajstić information content (AvgIpc) is 2.54. The summed E-state index contributed by atoms with van der Waals surface area (Å²) in [5, 5.41) is 11.9. The smallest absolute Gasteiger partial charge is 0.244 e. The maximum Gasteiger partial charge on any atom is 0.244 e. The van der Waals surface area contributed by atoms with Gasteiger partial charge in [-0.1, -0.05) is 6.08 Å². The third-order valence-corrected chi connectivity index (χ3v) is 2.11. The summed E-state index contributed by atoms with van der Waals surface area (Å²) in [6.45, 7) is 2.69. The molecule has 13 heavy (non-hydrogen) atoms. The number of amides is 1. The number of ether oxygens (including phenoxy) is 1. The van der Waals surface area contributed by atoms with Crippen molar-refractivity contribution in [1.82, 2.24) is 5.32 Å². The summed E-state index contributed by atoms with van der Waals surface area (Å²) in [5.74, 6) is -0.179. The van der Waals surface area contributed by atoms with E-state index < -0.39 is 5.54 Å². The van der Waals surface area contributed by atoms with Crippen LogP contribution in [0.1, 0.15) is 13.3 Å². The molecule has 74 valence electrons. The fraction of sp³-hybridized carbons (Fsp3) is 0.667. The molecule has 1 saturated heterocycles. The van der Waals surface area contributed by atoms with Gasteiger partial charge in [0, 0.05) is 6.61 Å². The highest BCUT2D eigenvalue weighted by Crippen LogP contribution is 2.17. The molecule has 2 N–H and O–H groups in total. The second kappa shape index (κ2) is 4.39. The molecule has 0 saturated carbocycles. The van der Waals surface area contributed by atoms with Crippen molar-refractivity contribution in [2.45, 2.75) is 18.9 Å². The van der Waals surface area contributed by atoms with E-state index in [9.17, 15) is 4.79 Å². The molecule has 1 fully saturated rings. The Balaban J connectivity index is 2.52. The van der Waals surface area contributed by atoms with Gasteiger partial charge in [0.05, 0.1) is 18.8 Å². The number of hydrogen-bond acceptors (Lipinski definition) is 3. The number of aliphatic hydroxyl groups is 1. The summed E-state index contributed by atoms with van der Waals surface area (Å²) >= 11 is 0. The predicted octanol–water partition coefficient (Wildman–Crippen LogP) is -0.170. The lowest BCUT2D eigenvalue weighted by atomic mass is 10.0. The largest absolute Gasteiger partial charge is 0.394 e. The van der Waals surface area contributed by atoms with E-state index >= 15 is 0 Å². The molecular weight excluding hydrogens is 170 g/mol. The van der Waals surface area contributed by atoms with Gasteiger partial charge in [-0.2, -0.15) is 0 Å². The number of aliphatic hydroxyl groups excluding tert-OH is 1. The van der Waals surface area contributed by atoms with Crippen LogP contribution in [0.2, 0.25) is 0 Å². The van der Waals surface area contributed by atoms with Crippen LogP contribution in [0.3, 0.4) is 0 Å². The second-order valence-electron chi connectivity index (χ2n) is 3.23. The number of allylic oxidation sites excluding steroid dienone is 1. The van der Waals surface area contributed by atoms with Gasteiger partial charge in [0.2, 0.25) is 5.91 Å². The van der Waals surface area contributed by atoms with Gasteiger partial charge in [-0.3, -0.25) is 4.79 Å². The highest BCUT2D eigenvalue weighted by molar-refractivity contribution is 5.88. The first-order chi connectivity index (χ1) is 6.22. The van der Waals surface area contributed by atoms with Gasteiger partial charge in [-0.15, -0.1) is 0 Å². The van der Waals surface area contributed by atoms with Crippen LogP contribution in [0.15, 0.2) is 12.2 Å². The van der Waals surface area contributed by atoms with Crippen molar-refractivity contribution < 1.29 is 14.6 Å². The lowest BCUT2D eigenvalue weighted by molar-refractivity contribution is -0.119. The molecule has 1 heterocycles. The molecule has 1 aliphatic heterocycles. The molecule has 0 radical (unpaired) electrons. The summed E-state index contributed by atoms with van der Waals surface area (Å²) in [4.78, 5) is 11.2. The molecule has 0 aromatic carbocycles. The van der Waals surface area contributed by atoms with E-state index in [0.29, 0.717) is 19.6 Å². The molecule has 1 unspecified atom stereocenters. The first-order valence-corrected chi connectivity index (χ1v) is 4.36. The second-order valence-corrected chi connectivity index (χ2v) is 3.23. The van der Waals surface area contributed by atoms with E-state index in [1.165, 1.54) is 6.08 Å². The zero-order chi connectivity index (χ0) is 9.73. The Hall–Kier alpha value is -0.870. The monoisotopic (exact) mass is 185 g/mol. The Morgan fingerprint density at radius 3 is 3.00 bits per heavy atom. The zero-order valence-electron chi connectivity index (χ0n) is 7.75. The zero-order valence-corrected chi connectivity index (χ0v) is 7.75. The van der Waals surface area contributed by atoms with E-state index in [-0.39, 0.29) is 12.5 Å². The van der Waals surface area contributed by atoms with Crippen LogP contribution in [0.5, 0.6) is 0 Å². The normalized spacial score (nSPS) is 28.2. The average molecular weight is 185 g/mol. The Kier molecular flexibility index (Phi) is 3.45. The van der Waals surface area contributed by atoms with Gasteiger partial charge in [0.15, 0.2) is 0 Å². The van der Waals surface area contributed by atoms with E-state index in [1.807, 2.05) is 0 Å². The summed E-state index contributed by atoms with van der Waals surface area (Å²) in [7, 11) is 0. The van der Waals surface area contributed by atoms with Crippen molar-refractivity contribution in [2.24, 2.45) is 0 Å². The van der Waals surface area contributed by atoms with Crippen LogP contribution < -0.4 is 5.32 Å². The number of rotatable bonds is 3. The molecule has 4 heteroatoms. The highest BCUT2D eigenvalue weighted by atomic mass is 16.5. The van der Waals surface area contributed by atoms with Gasteiger partial charge in [-0.05, 0) is 19.4 Å². The molecular formula is C9H15NO3. The Morgan fingerprint density at radius 2 is 2.54 bits per heavy atom. The summed E-state index contributed by atoms with van der Waals surface area (Å²) in [5.41, 5.74) is -0.559. The minimum Gasteiger partial charge on any atom is -0.394 e. The minimum absolute atomic E-state index is 0.0731. The van der Waals surface area contributed by atoms with Gasteiger partial charge < -0.3 is 15.2 Å². The van der Waals surface area contributed by atoms with Gasteiger partial charge in [-0.25, -0.2) is 0 Å². The van der Waals surface area contributed by atoms with Crippen LogP contribution in [-0.2, 0) is 9.53 Å². The van der Waals surface area contributed by atoms with Gasteiger partial charge in [0.1, 0.15) is 0 Å². The maximum absolute atomic E-state index is 11.2. The Labute approximate surface area is 77.6 Å². The first-order valence-electron chi connectivity index (χ1n) is 4.36. The molecule has 1 rings (SSSR count). The lowest BCUT2D eigenvalue weighted by Crippen LogP contribution is -2.51. The fourth-order valence-corrected chi connectivity index (χ4v) is 1.32. The molecule has 1 aliphatic rings. The van der Waals surface area contributed by atoms with E-state index in [2.05, 4.69) is 5.32 Å². The Bertz CT molecular complexity index is 207. The number of carbonyl (C=O) groups excluding carboxylic acids is 1. The number of carbonyl (C=O) groups is 1. The molecule has 0 aromatic heterocycles. The predicted molar refractivity (Wildman–Crippen MR) is 48.2 cm³/mol. The number of nitrogens with one attached hydrogen (secondary N) is 1. The molecule has 4 nitrogen and oxygen atoms in total. The van der Waals surface area contributed by atoms with Crippen LogP contribution in [0.25, 0.3) is 0 Å². The van der Waals surface area contributed by atoms with Gasteiger partial charge >= 0.3 is 0 Å². The van der Waals surface area contributed by atoms with Gasteiger partial charge in [0.25, 0.3) is 0 Å². The van der Waals surface area contributed by atoms with Crippen molar-refractivity contribution in [2.75, 3.05) is 19.8 Å².